The number of likely N-dealkylation sites (tertiary alicyclic amines) is 2. The molecule has 0 saturated carbocycles. The van der Waals surface area contributed by atoms with Crippen molar-refractivity contribution in [3.05, 3.63) is 29.8 Å². The second-order valence-corrected chi connectivity index (χ2v) is 16.3. The number of piperidine rings is 2. The van der Waals surface area contributed by atoms with Gasteiger partial charge in [-0.2, -0.15) is 0 Å². The molecule has 1 unspecified atom stereocenters. The standard InChI is InChI=1S/C30H53N3O4.C10H21N3O/c1-23(2)19-25(20-31-6)32-28(34)33-17-12-13-24(21-33)30(35,16-10-11-18-36-7)26-14-8-9-15-27(26)37-22-29(3,4)5;1-9(8-11-2)12-10(14)13-6-4-3-5-7-13/h8-9,14-15,23-25,31,35H,10-13,16-22H2,1-7H3,(H,32,34);9,11H,3-8H2,1-2H3,(H,12,14)/t24-,25+,30?;9-/m10/s1. The van der Waals surface area contributed by atoms with Crippen LogP contribution in [0.3, 0.4) is 0 Å². The van der Waals surface area contributed by atoms with E-state index in [1.54, 1.807) is 7.11 Å². The van der Waals surface area contributed by atoms with E-state index in [2.05, 4.69) is 55.9 Å². The number of nitrogens with one attached hydrogen (secondary N) is 4. The summed E-state index contributed by atoms with van der Waals surface area (Å²) in [6.45, 7) is 18.6. The van der Waals surface area contributed by atoms with Crippen LogP contribution in [-0.2, 0) is 10.3 Å². The highest BCUT2D eigenvalue weighted by Crippen LogP contribution is 2.43. The first kappa shape index (κ1) is 44.6. The minimum atomic E-state index is -1.09. The molecule has 0 aliphatic carbocycles. The van der Waals surface area contributed by atoms with Gasteiger partial charge >= 0.3 is 12.1 Å². The van der Waals surface area contributed by atoms with Crippen LogP contribution in [0.4, 0.5) is 9.59 Å². The molecule has 5 N–H and O–H groups in total. The van der Waals surface area contributed by atoms with E-state index in [1.807, 2.05) is 55.1 Å². The first-order valence-electron chi connectivity index (χ1n) is 19.6. The molecule has 0 bridgehead atoms. The van der Waals surface area contributed by atoms with Gasteiger partial charge in [0.1, 0.15) is 5.75 Å². The Hall–Kier alpha value is -2.60. The van der Waals surface area contributed by atoms with Crippen LogP contribution in [0.15, 0.2) is 24.3 Å². The Kier molecular flexibility index (Phi) is 20.2. The fraction of sp³-hybridized carbons (Fsp3) is 0.800. The number of likely N-dealkylation sites (N-methyl/N-ethyl adjacent to an activating group) is 2. The van der Waals surface area contributed by atoms with Crippen molar-refractivity contribution in [2.24, 2.45) is 17.3 Å². The maximum absolute atomic E-state index is 13.3. The van der Waals surface area contributed by atoms with Crippen molar-refractivity contribution in [1.82, 2.24) is 31.1 Å². The van der Waals surface area contributed by atoms with Crippen LogP contribution < -0.4 is 26.0 Å². The van der Waals surface area contributed by atoms with Crippen molar-refractivity contribution in [3.63, 3.8) is 0 Å². The first-order valence-corrected chi connectivity index (χ1v) is 19.6. The van der Waals surface area contributed by atoms with Gasteiger partial charge in [0.15, 0.2) is 0 Å². The number of carbonyl (C=O) groups excluding carboxylic acids is 2. The van der Waals surface area contributed by atoms with Gasteiger partial charge in [0.25, 0.3) is 0 Å². The molecule has 0 radical (unpaired) electrons. The molecule has 11 nitrogen and oxygen atoms in total. The van der Waals surface area contributed by atoms with Gasteiger partial charge in [-0.3, -0.25) is 0 Å². The molecule has 2 aliphatic rings. The lowest BCUT2D eigenvalue weighted by atomic mass is 9.73. The number of hydrogen-bond donors (Lipinski definition) is 5. The van der Waals surface area contributed by atoms with Crippen LogP contribution >= 0.6 is 0 Å². The van der Waals surface area contributed by atoms with Crippen molar-refractivity contribution >= 4 is 12.1 Å². The van der Waals surface area contributed by atoms with E-state index in [-0.39, 0.29) is 35.5 Å². The molecule has 51 heavy (non-hydrogen) atoms. The quantitative estimate of drug-likeness (QED) is 0.126. The zero-order valence-corrected chi connectivity index (χ0v) is 33.6. The molecule has 0 spiro atoms. The Morgan fingerprint density at radius 3 is 2.18 bits per heavy atom. The summed E-state index contributed by atoms with van der Waals surface area (Å²) in [5.41, 5.74) is -0.260. The molecular weight excluding hydrogens is 644 g/mol. The molecule has 11 heteroatoms. The Balaban J connectivity index is 0.000000536. The lowest BCUT2D eigenvalue weighted by molar-refractivity contribution is -0.0583. The average Bonchev–Trinajstić information content (AvgIpc) is 3.09. The number of amides is 4. The van der Waals surface area contributed by atoms with E-state index in [0.29, 0.717) is 38.6 Å². The number of benzene rings is 1. The SMILES string of the molecule is CNC[C@H](C)NC(=O)N1CCCCC1.CNC[C@H](CC(C)C)NC(=O)N1CCC[C@@H](C(O)(CCCCOC)c2ccccc2OCC(C)(C)C)C1. The lowest BCUT2D eigenvalue weighted by Gasteiger charge is -2.43. The molecule has 0 aromatic heterocycles. The number of carbonyl (C=O) groups is 2. The Labute approximate surface area is 310 Å². The van der Waals surface area contributed by atoms with Gasteiger partial charge in [-0.05, 0) is 96.2 Å². The fourth-order valence-corrected chi connectivity index (χ4v) is 7.03. The number of hydrogen-bond acceptors (Lipinski definition) is 7. The number of para-hydroxylation sites is 1. The number of aliphatic hydroxyl groups is 1. The highest BCUT2D eigenvalue weighted by Gasteiger charge is 2.43. The maximum atomic E-state index is 13.3. The number of nitrogens with zero attached hydrogens (tertiary/aromatic N) is 2. The second kappa shape index (κ2) is 23.1. The molecule has 3 rings (SSSR count). The summed E-state index contributed by atoms with van der Waals surface area (Å²) in [4.78, 5) is 28.8. The maximum Gasteiger partial charge on any atom is 0.317 e. The van der Waals surface area contributed by atoms with Crippen LogP contribution in [0, 0.1) is 17.3 Å². The third kappa shape index (κ3) is 16.3. The van der Waals surface area contributed by atoms with Crippen molar-refractivity contribution in [2.75, 3.05) is 73.7 Å². The molecule has 4 atom stereocenters. The molecule has 2 heterocycles. The van der Waals surface area contributed by atoms with Crippen LogP contribution in [0.1, 0.15) is 105 Å². The van der Waals surface area contributed by atoms with Gasteiger partial charge in [-0.15, -0.1) is 0 Å². The van der Waals surface area contributed by atoms with Gasteiger partial charge < -0.3 is 45.6 Å². The summed E-state index contributed by atoms with van der Waals surface area (Å²) < 4.78 is 11.5. The summed E-state index contributed by atoms with van der Waals surface area (Å²) in [7, 11) is 5.52. The monoisotopic (exact) mass is 719 g/mol. The highest BCUT2D eigenvalue weighted by molar-refractivity contribution is 5.75. The van der Waals surface area contributed by atoms with Crippen molar-refractivity contribution in [2.45, 2.75) is 117 Å². The predicted octanol–water partition coefficient (Wildman–Crippen LogP) is 5.96. The minimum Gasteiger partial charge on any atom is -0.493 e. The van der Waals surface area contributed by atoms with Crippen LogP contribution in [0.2, 0.25) is 0 Å². The smallest absolute Gasteiger partial charge is 0.317 e. The number of unbranched alkanes of at least 4 members (excludes halogenated alkanes) is 1. The van der Waals surface area contributed by atoms with E-state index in [9.17, 15) is 14.7 Å². The van der Waals surface area contributed by atoms with Crippen molar-refractivity contribution in [1.29, 1.82) is 0 Å². The van der Waals surface area contributed by atoms with Gasteiger partial charge in [0.2, 0.25) is 0 Å². The molecule has 4 amide bonds. The Bertz CT molecular complexity index is 1120. The van der Waals surface area contributed by atoms with Crippen LogP contribution in [0.25, 0.3) is 0 Å². The predicted molar refractivity (Wildman–Crippen MR) is 208 cm³/mol. The Morgan fingerprint density at radius 2 is 1.55 bits per heavy atom. The highest BCUT2D eigenvalue weighted by atomic mass is 16.5. The molecular formula is C40H74N6O5. The summed E-state index contributed by atoms with van der Waals surface area (Å²) >= 11 is 0. The van der Waals surface area contributed by atoms with Gasteiger partial charge in [-0.1, -0.05) is 52.8 Å². The van der Waals surface area contributed by atoms with Crippen molar-refractivity contribution < 1.29 is 24.2 Å². The Morgan fingerprint density at radius 1 is 0.902 bits per heavy atom. The zero-order chi connectivity index (χ0) is 37.9. The summed E-state index contributed by atoms with van der Waals surface area (Å²) in [6.07, 6.45) is 8.51. The third-order valence-corrected chi connectivity index (χ3v) is 9.61. The number of methoxy groups -OCH3 is 1. The van der Waals surface area contributed by atoms with Gasteiger partial charge in [0.05, 0.1) is 12.2 Å². The van der Waals surface area contributed by atoms with Crippen molar-refractivity contribution in [3.8, 4) is 5.75 Å². The molecule has 2 saturated heterocycles. The number of rotatable bonds is 17. The molecule has 294 valence electrons. The molecule has 2 fully saturated rings. The average molecular weight is 719 g/mol. The largest absolute Gasteiger partial charge is 0.493 e. The summed E-state index contributed by atoms with van der Waals surface area (Å²) in [5.74, 6) is 1.15. The minimum absolute atomic E-state index is 0.00327. The van der Waals surface area contributed by atoms with Gasteiger partial charge in [0, 0.05) is 76.6 Å². The molecule has 1 aromatic carbocycles. The molecule has 2 aliphatic heterocycles. The van der Waals surface area contributed by atoms with Crippen LogP contribution in [-0.4, -0.2) is 113 Å². The summed E-state index contributed by atoms with van der Waals surface area (Å²) in [6, 6.07) is 8.23. The van der Waals surface area contributed by atoms with E-state index in [1.165, 1.54) is 6.42 Å². The number of urea groups is 2. The fourth-order valence-electron chi connectivity index (χ4n) is 7.03. The molecule has 1 aromatic rings. The number of ether oxygens (including phenoxy) is 2. The first-order chi connectivity index (χ1) is 24.2. The van der Waals surface area contributed by atoms with Crippen LogP contribution in [0.5, 0.6) is 5.75 Å². The van der Waals surface area contributed by atoms with Gasteiger partial charge in [-0.25, -0.2) is 9.59 Å². The summed E-state index contributed by atoms with van der Waals surface area (Å²) in [5, 5.41) is 24.9. The van der Waals surface area contributed by atoms with E-state index >= 15 is 0 Å². The second-order valence-electron chi connectivity index (χ2n) is 16.3. The normalized spacial score (nSPS) is 19.0. The van der Waals surface area contributed by atoms with E-state index in [0.717, 1.165) is 82.4 Å². The third-order valence-electron chi connectivity index (χ3n) is 9.61. The van der Waals surface area contributed by atoms with E-state index in [4.69, 9.17) is 9.47 Å². The zero-order valence-electron chi connectivity index (χ0n) is 33.6. The topological polar surface area (TPSA) is 127 Å². The van der Waals surface area contributed by atoms with E-state index < -0.39 is 5.60 Å². The lowest BCUT2D eigenvalue weighted by Crippen LogP contribution is -2.54.